The first-order chi connectivity index (χ1) is 12.2. The molecule has 1 aliphatic rings. The van der Waals surface area contributed by atoms with Gasteiger partial charge >= 0.3 is 8.56 Å². The van der Waals surface area contributed by atoms with Crippen LogP contribution in [-0.2, 0) is 8.85 Å². The van der Waals surface area contributed by atoms with Crippen molar-refractivity contribution >= 4 is 8.56 Å². The van der Waals surface area contributed by atoms with Crippen LogP contribution >= 0.6 is 0 Å². The summed E-state index contributed by atoms with van der Waals surface area (Å²) in [5.41, 5.74) is 0. The van der Waals surface area contributed by atoms with Crippen LogP contribution in [0.1, 0.15) is 103 Å². The smallest absolute Gasteiger partial charge is 0.331 e. The summed E-state index contributed by atoms with van der Waals surface area (Å²) in [7, 11) is -1.88. The number of hydrogen-bond acceptors (Lipinski definition) is 2. The largest absolute Gasteiger partial charge is 0.395 e. The van der Waals surface area contributed by atoms with Crippen LogP contribution in [0.3, 0.4) is 0 Å². The van der Waals surface area contributed by atoms with Crippen LogP contribution in [0.5, 0.6) is 0 Å². The average molecular weight is 367 g/mol. The third kappa shape index (κ3) is 15.7. The van der Waals surface area contributed by atoms with Crippen molar-refractivity contribution in [3.8, 4) is 11.8 Å². The third-order valence-corrected chi connectivity index (χ3v) is 6.72. The van der Waals surface area contributed by atoms with E-state index in [4.69, 9.17) is 8.85 Å². The van der Waals surface area contributed by atoms with E-state index < -0.39 is 8.56 Å². The molecule has 0 unspecified atom stereocenters. The minimum absolute atomic E-state index is 0.884. The molecule has 3 heteroatoms. The Morgan fingerprint density at radius 3 is 1.20 bits per heavy atom. The molecule has 1 rings (SSSR count). The average Bonchev–Trinajstić information content (AvgIpc) is 2.58. The Morgan fingerprint density at radius 1 is 0.480 bits per heavy atom. The van der Waals surface area contributed by atoms with E-state index in [1.165, 1.54) is 89.9 Å². The quantitative estimate of drug-likeness (QED) is 0.340. The first-order valence-corrected chi connectivity index (χ1v) is 13.8. The molecule has 0 aromatic heterocycles. The lowest BCUT2D eigenvalue weighted by Gasteiger charge is -2.23. The van der Waals surface area contributed by atoms with E-state index in [1.807, 2.05) is 0 Å². The highest BCUT2D eigenvalue weighted by atomic mass is 28.4. The lowest BCUT2D eigenvalue weighted by Crippen LogP contribution is -2.35. The van der Waals surface area contributed by atoms with Gasteiger partial charge in [-0.1, -0.05) is 64.2 Å². The molecule has 25 heavy (non-hydrogen) atoms. The molecule has 2 nitrogen and oxygen atoms in total. The van der Waals surface area contributed by atoms with Crippen molar-refractivity contribution in [3.63, 3.8) is 0 Å². The summed E-state index contributed by atoms with van der Waals surface area (Å²) in [6.07, 6.45) is 20.6. The van der Waals surface area contributed by atoms with Crippen molar-refractivity contribution in [3.05, 3.63) is 0 Å². The highest BCUT2D eigenvalue weighted by Crippen LogP contribution is 2.13. The van der Waals surface area contributed by atoms with E-state index >= 15 is 0 Å². The second kappa shape index (κ2) is 15.9. The summed E-state index contributed by atoms with van der Waals surface area (Å²) in [5.74, 6) is 6.72. The lowest BCUT2D eigenvalue weighted by molar-refractivity contribution is 0.172. The zero-order valence-corrected chi connectivity index (χ0v) is 18.0. The first kappa shape index (κ1) is 22.7. The maximum atomic E-state index is 6.06. The van der Waals surface area contributed by atoms with Gasteiger partial charge in [0.2, 0.25) is 0 Å². The molecule has 146 valence electrons. The van der Waals surface area contributed by atoms with Gasteiger partial charge in [0.25, 0.3) is 0 Å². The maximum absolute atomic E-state index is 6.06. The Bertz CT molecular complexity index is 327. The van der Waals surface area contributed by atoms with Crippen LogP contribution in [0.25, 0.3) is 0 Å². The fourth-order valence-corrected chi connectivity index (χ4v) is 4.61. The number of hydrogen-bond donors (Lipinski definition) is 0. The molecule has 0 radical (unpaired) electrons. The van der Waals surface area contributed by atoms with E-state index in [1.54, 1.807) is 0 Å². The van der Waals surface area contributed by atoms with Crippen LogP contribution in [-0.4, -0.2) is 21.8 Å². The van der Waals surface area contributed by atoms with Crippen molar-refractivity contribution in [2.24, 2.45) is 0 Å². The molecule has 0 spiro atoms. The molecule has 0 aliphatic carbocycles. The van der Waals surface area contributed by atoms with Crippen molar-refractivity contribution < 1.29 is 8.85 Å². The van der Waals surface area contributed by atoms with E-state index in [0.29, 0.717) is 0 Å². The highest BCUT2D eigenvalue weighted by Gasteiger charge is 2.23. The van der Waals surface area contributed by atoms with Gasteiger partial charge in [0.15, 0.2) is 0 Å². The van der Waals surface area contributed by atoms with Crippen molar-refractivity contribution in [2.75, 3.05) is 13.2 Å². The van der Waals surface area contributed by atoms with Gasteiger partial charge in [-0.05, 0) is 38.8 Å². The van der Waals surface area contributed by atoms with E-state index in [0.717, 1.165) is 26.1 Å². The van der Waals surface area contributed by atoms with Crippen molar-refractivity contribution in [2.45, 2.75) is 116 Å². The highest BCUT2D eigenvalue weighted by molar-refractivity contribution is 6.64. The fourth-order valence-electron chi connectivity index (χ4n) is 3.25. The molecule has 1 heterocycles. The van der Waals surface area contributed by atoms with Gasteiger partial charge in [-0.2, -0.15) is 0 Å². The summed E-state index contributed by atoms with van der Waals surface area (Å²) in [6.45, 7) is 6.15. The second-order valence-corrected chi connectivity index (χ2v) is 11.3. The Kier molecular flexibility index (Phi) is 14.5. The van der Waals surface area contributed by atoms with Crippen LogP contribution in [0.15, 0.2) is 0 Å². The topological polar surface area (TPSA) is 18.5 Å². The zero-order valence-electron chi connectivity index (χ0n) is 17.0. The SMILES string of the molecule is C[Si]1(C)OCCCCCCCCCC#CCCCCCCCCCO1. The summed E-state index contributed by atoms with van der Waals surface area (Å²) < 4.78 is 12.1. The van der Waals surface area contributed by atoms with Gasteiger partial charge in [-0.25, -0.2) is 0 Å². The molecular formula is C22H42O2Si. The summed E-state index contributed by atoms with van der Waals surface area (Å²) in [5, 5.41) is 0. The Balaban J connectivity index is 2.20. The Morgan fingerprint density at radius 2 is 0.800 bits per heavy atom. The first-order valence-electron chi connectivity index (χ1n) is 10.9. The molecule has 0 atom stereocenters. The molecule has 0 aromatic carbocycles. The molecule has 0 fully saturated rings. The molecule has 0 saturated carbocycles. The predicted molar refractivity (Wildman–Crippen MR) is 111 cm³/mol. The summed E-state index contributed by atoms with van der Waals surface area (Å²) >= 11 is 0. The molecule has 0 N–H and O–H groups in total. The fraction of sp³-hybridized carbons (Fsp3) is 0.909. The van der Waals surface area contributed by atoms with Crippen LogP contribution in [0, 0.1) is 11.8 Å². The van der Waals surface area contributed by atoms with E-state index in [2.05, 4.69) is 24.9 Å². The molecule has 0 saturated heterocycles. The Labute approximate surface area is 158 Å². The zero-order chi connectivity index (χ0) is 18.1. The minimum atomic E-state index is -1.88. The van der Waals surface area contributed by atoms with Gasteiger partial charge in [0.1, 0.15) is 0 Å². The number of rotatable bonds is 0. The lowest BCUT2D eigenvalue weighted by atomic mass is 10.1. The maximum Gasteiger partial charge on any atom is 0.331 e. The van der Waals surface area contributed by atoms with E-state index in [9.17, 15) is 0 Å². The molecule has 0 aromatic rings. The van der Waals surface area contributed by atoms with Gasteiger partial charge in [-0.3, -0.25) is 0 Å². The summed E-state index contributed by atoms with van der Waals surface area (Å²) in [4.78, 5) is 0. The normalized spacial score (nSPS) is 23.9. The van der Waals surface area contributed by atoms with Gasteiger partial charge < -0.3 is 8.85 Å². The third-order valence-electron chi connectivity index (χ3n) is 4.92. The van der Waals surface area contributed by atoms with Gasteiger partial charge in [-0.15, -0.1) is 11.8 Å². The van der Waals surface area contributed by atoms with Crippen LogP contribution < -0.4 is 0 Å². The monoisotopic (exact) mass is 366 g/mol. The van der Waals surface area contributed by atoms with Crippen LogP contribution in [0.4, 0.5) is 0 Å². The van der Waals surface area contributed by atoms with Crippen molar-refractivity contribution in [1.82, 2.24) is 0 Å². The van der Waals surface area contributed by atoms with Crippen LogP contribution in [0.2, 0.25) is 13.1 Å². The molecule has 1 aliphatic heterocycles. The summed E-state index contributed by atoms with van der Waals surface area (Å²) in [6, 6.07) is 0. The Hall–Kier alpha value is -0.303. The van der Waals surface area contributed by atoms with Crippen molar-refractivity contribution in [1.29, 1.82) is 0 Å². The van der Waals surface area contributed by atoms with Gasteiger partial charge in [0, 0.05) is 26.1 Å². The van der Waals surface area contributed by atoms with E-state index in [-0.39, 0.29) is 0 Å². The minimum Gasteiger partial charge on any atom is -0.395 e. The predicted octanol–water partition coefficient (Wildman–Crippen LogP) is 6.98. The molecular weight excluding hydrogens is 324 g/mol. The second-order valence-electron chi connectivity index (χ2n) is 7.90. The standard InChI is InChI=1S/C22H42O2Si/c1-25(2)23-21-19-17-15-13-11-9-7-5-3-4-6-8-10-12-14-16-18-20-22-24-25/h5-22H2,1-2H3. The van der Waals surface area contributed by atoms with Gasteiger partial charge in [0.05, 0.1) is 0 Å². The molecule has 0 amide bonds. The molecule has 0 bridgehead atoms.